The fraction of sp³-hybridized carbons (Fsp3) is 0.864. The molecular formula is C22H39NO6S. The van der Waals surface area contributed by atoms with E-state index in [1.807, 2.05) is 0 Å². The lowest BCUT2D eigenvalue weighted by Crippen LogP contribution is -2.47. The highest BCUT2D eigenvalue weighted by Crippen LogP contribution is 2.38. The topological polar surface area (TPSA) is 90.9 Å². The standard InChI is InChI=1S/C22H39NO6S/c1-6-27-18(24)22(19(25)28-7-2,30-16-17-12-9-8-10-13-17)14-11-15-23-20(26)29-21(3,4)5/h17H,6-16H2,1-5H3,(H,23,26). The van der Waals surface area contributed by atoms with Gasteiger partial charge in [-0.05, 0) is 72.0 Å². The summed E-state index contributed by atoms with van der Waals surface area (Å²) >= 11 is 1.35. The number of hydrogen-bond donors (Lipinski definition) is 1. The highest BCUT2D eigenvalue weighted by Gasteiger charge is 2.49. The number of carbonyl (C=O) groups is 3. The molecule has 7 nitrogen and oxygen atoms in total. The van der Waals surface area contributed by atoms with Gasteiger partial charge in [-0.2, -0.15) is 0 Å². The molecule has 0 radical (unpaired) electrons. The Hall–Kier alpha value is -1.44. The summed E-state index contributed by atoms with van der Waals surface area (Å²) in [5.74, 6) is 0.104. The maximum atomic E-state index is 12.9. The number of amides is 1. The Labute approximate surface area is 185 Å². The maximum Gasteiger partial charge on any atom is 0.407 e. The Bertz CT molecular complexity index is 536. The zero-order valence-electron chi connectivity index (χ0n) is 19.2. The predicted molar refractivity (Wildman–Crippen MR) is 119 cm³/mol. The summed E-state index contributed by atoms with van der Waals surface area (Å²) in [4.78, 5) is 37.7. The van der Waals surface area contributed by atoms with Crippen LogP contribution in [0.1, 0.15) is 79.6 Å². The number of rotatable bonds is 11. The molecule has 8 heteroatoms. The summed E-state index contributed by atoms with van der Waals surface area (Å²) < 4.78 is 14.4. The molecule has 1 fully saturated rings. The van der Waals surface area contributed by atoms with Gasteiger partial charge in [-0.1, -0.05) is 19.3 Å². The number of ether oxygens (including phenoxy) is 3. The first-order valence-electron chi connectivity index (χ1n) is 11.1. The van der Waals surface area contributed by atoms with Gasteiger partial charge in [0.25, 0.3) is 0 Å². The average Bonchev–Trinajstić information content (AvgIpc) is 2.67. The molecule has 174 valence electrons. The Kier molecular flexibility index (Phi) is 11.6. The zero-order valence-corrected chi connectivity index (χ0v) is 20.0. The van der Waals surface area contributed by atoms with Crippen molar-refractivity contribution in [2.24, 2.45) is 5.92 Å². The highest BCUT2D eigenvalue weighted by atomic mass is 32.2. The van der Waals surface area contributed by atoms with Gasteiger partial charge >= 0.3 is 18.0 Å². The van der Waals surface area contributed by atoms with E-state index in [4.69, 9.17) is 14.2 Å². The van der Waals surface area contributed by atoms with E-state index in [1.165, 1.54) is 31.0 Å². The molecule has 0 aromatic rings. The van der Waals surface area contributed by atoms with E-state index >= 15 is 0 Å². The predicted octanol–water partition coefficient (Wildman–Crippen LogP) is 4.47. The molecule has 0 unspecified atom stereocenters. The maximum absolute atomic E-state index is 12.9. The third-order valence-electron chi connectivity index (χ3n) is 4.87. The van der Waals surface area contributed by atoms with Crippen molar-refractivity contribution in [3.05, 3.63) is 0 Å². The van der Waals surface area contributed by atoms with Gasteiger partial charge in [0.15, 0.2) is 0 Å². The van der Waals surface area contributed by atoms with Crippen LogP contribution in [0.5, 0.6) is 0 Å². The molecule has 1 saturated carbocycles. The van der Waals surface area contributed by atoms with Crippen LogP contribution in [-0.4, -0.2) is 53.9 Å². The van der Waals surface area contributed by atoms with E-state index in [-0.39, 0.29) is 19.6 Å². The second kappa shape index (κ2) is 13.1. The number of thioether (sulfide) groups is 1. The number of hydrogen-bond acceptors (Lipinski definition) is 7. The summed E-state index contributed by atoms with van der Waals surface area (Å²) in [6.45, 7) is 9.51. The Balaban J connectivity index is 2.82. The number of esters is 2. The van der Waals surface area contributed by atoms with Crippen molar-refractivity contribution in [3.8, 4) is 0 Å². The lowest BCUT2D eigenvalue weighted by atomic mass is 9.91. The van der Waals surface area contributed by atoms with Crippen LogP contribution in [0.3, 0.4) is 0 Å². The lowest BCUT2D eigenvalue weighted by molar-refractivity contribution is -0.159. The average molecular weight is 446 g/mol. The summed E-state index contributed by atoms with van der Waals surface area (Å²) in [6.07, 6.45) is 6.01. The molecule has 1 aliphatic carbocycles. The number of nitrogens with one attached hydrogen (secondary N) is 1. The summed E-state index contributed by atoms with van der Waals surface area (Å²) in [5, 5.41) is 2.68. The van der Waals surface area contributed by atoms with Gasteiger partial charge in [0.05, 0.1) is 13.2 Å². The van der Waals surface area contributed by atoms with Crippen LogP contribution in [-0.2, 0) is 23.8 Å². The summed E-state index contributed by atoms with van der Waals surface area (Å²) in [7, 11) is 0. The van der Waals surface area contributed by atoms with Gasteiger partial charge in [0, 0.05) is 6.54 Å². The quantitative estimate of drug-likeness (QED) is 0.217. The van der Waals surface area contributed by atoms with Crippen LogP contribution in [0.15, 0.2) is 0 Å². The Morgan fingerprint density at radius 2 is 1.53 bits per heavy atom. The molecule has 0 bridgehead atoms. The van der Waals surface area contributed by atoms with Crippen molar-refractivity contribution >= 4 is 29.8 Å². The molecule has 0 saturated heterocycles. The molecule has 1 aliphatic rings. The second-order valence-corrected chi connectivity index (χ2v) is 9.93. The molecule has 1 N–H and O–H groups in total. The van der Waals surface area contributed by atoms with Crippen LogP contribution >= 0.6 is 11.8 Å². The largest absolute Gasteiger partial charge is 0.465 e. The molecule has 0 aromatic heterocycles. The molecule has 30 heavy (non-hydrogen) atoms. The van der Waals surface area contributed by atoms with Crippen molar-refractivity contribution in [2.45, 2.75) is 89.9 Å². The van der Waals surface area contributed by atoms with Gasteiger partial charge in [-0.3, -0.25) is 0 Å². The Morgan fingerprint density at radius 1 is 0.967 bits per heavy atom. The zero-order chi connectivity index (χ0) is 22.6. The van der Waals surface area contributed by atoms with Crippen LogP contribution in [0.2, 0.25) is 0 Å². The van der Waals surface area contributed by atoms with Crippen LogP contribution < -0.4 is 5.32 Å². The van der Waals surface area contributed by atoms with Crippen molar-refractivity contribution in [1.29, 1.82) is 0 Å². The van der Waals surface area contributed by atoms with Gasteiger partial charge in [0.1, 0.15) is 5.60 Å². The van der Waals surface area contributed by atoms with Crippen LogP contribution in [0.25, 0.3) is 0 Å². The van der Waals surface area contributed by atoms with Crippen LogP contribution in [0, 0.1) is 5.92 Å². The molecule has 0 spiro atoms. The van der Waals surface area contributed by atoms with Crippen molar-refractivity contribution < 1.29 is 28.6 Å². The highest BCUT2D eigenvalue weighted by molar-refractivity contribution is 8.02. The minimum absolute atomic E-state index is 0.195. The van der Waals surface area contributed by atoms with Gasteiger partial charge in [0.2, 0.25) is 4.75 Å². The smallest absolute Gasteiger partial charge is 0.407 e. The van der Waals surface area contributed by atoms with Crippen molar-refractivity contribution in [1.82, 2.24) is 5.32 Å². The fourth-order valence-electron chi connectivity index (χ4n) is 3.43. The van der Waals surface area contributed by atoms with Crippen LogP contribution in [0.4, 0.5) is 4.79 Å². The number of alkyl carbamates (subject to hydrolysis) is 1. The van der Waals surface area contributed by atoms with E-state index in [0.29, 0.717) is 18.9 Å². The third-order valence-corrected chi connectivity index (χ3v) is 6.54. The van der Waals surface area contributed by atoms with E-state index in [9.17, 15) is 14.4 Å². The molecule has 0 heterocycles. The van der Waals surface area contributed by atoms with Crippen molar-refractivity contribution in [2.75, 3.05) is 25.5 Å². The van der Waals surface area contributed by atoms with E-state index in [0.717, 1.165) is 18.6 Å². The number of carbonyl (C=O) groups excluding carboxylic acids is 3. The lowest BCUT2D eigenvalue weighted by Gasteiger charge is -2.31. The van der Waals surface area contributed by atoms with Gasteiger partial charge in [-0.25, -0.2) is 14.4 Å². The third kappa shape index (κ3) is 9.14. The summed E-state index contributed by atoms with van der Waals surface area (Å²) in [5.41, 5.74) is -0.584. The molecule has 0 atom stereocenters. The monoisotopic (exact) mass is 445 g/mol. The Morgan fingerprint density at radius 3 is 2.03 bits per heavy atom. The van der Waals surface area contributed by atoms with E-state index < -0.39 is 28.4 Å². The fourth-order valence-corrected chi connectivity index (χ4v) is 4.92. The van der Waals surface area contributed by atoms with E-state index in [2.05, 4.69) is 5.32 Å². The normalized spacial score (nSPS) is 15.4. The van der Waals surface area contributed by atoms with Crippen molar-refractivity contribution in [3.63, 3.8) is 0 Å². The summed E-state index contributed by atoms with van der Waals surface area (Å²) in [6, 6.07) is 0. The van der Waals surface area contributed by atoms with E-state index in [1.54, 1.807) is 34.6 Å². The second-order valence-electron chi connectivity index (χ2n) is 8.62. The minimum Gasteiger partial charge on any atom is -0.465 e. The van der Waals surface area contributed by atoms with Gasteiger partial charge in [-0.15, -0.1) is 11.8 Å². The first kappa shape index (κ1) is 26.6. The molecule has 0 aliphatic heterocycles. The minimum atomic E-state index is -1.40. The SMILES string of the molecule is CCOC(=O)C(CCCNC(=O)OC(C)(C)C)(SCC1CCCCC1)C(=O)OCC. The molecular weight excluding hydrogens is 406 g/mol. The molecule has 1 amide bonds. The molecule has 1 rings (SSSR count). The molecule has 0 aromatic carbocycles. The first-order chi connectivity index (χ1) is 14.1. The van der Waals surface area contributed by atoms with Gasteiger partial charge < -0.3 is 19.5 Å². The first-order valence-corrected chi connectivity index (χ1v) is 12.1.